The van der Waals surface area contributed by atoms with Gasteiger partial charge in [-0.15, -0.1) is 0 Å². The lowest BCUT2D eigenvalue weighted by atomic mass is 10.6. The van der Waals surface area contributed by atoms with Gasteiger partial charge in [0.25, 0.3) is 5.97 Å². The molecular weight excluding hydrogens is 150 g/mol. The first-order valence-corrected chi connectivity index (χ1v) is 3.27. The molecule has 5 nitrogen and oxygen atoms in total. The molecule has 0 atom stereocenters. The van der Waals surface area contributed by atoms with Crippen molar-refractivity contribution in [3.05, 3.63) is 0 Å². The number of carbonyl (C=O) groups is 1. The molecule has 5 heteroatoms. The van der Waals surface area contributed by atoms with E-state index >= 15 is 0 Å². The van der Waals surface area contributed by atoms with Crippen LogP contribution in [0.2, 0.25) is 0 Å². The standard InChI is InChI=1S/C4H11NO2.C2H4O2/c6-3-1-5-2-4-7;1-2(3)4/h5-7H,1-4H2;1H3,(H,3,4). The van der Waals surface area contributed by atoms with E-state index in [4.69, 9.17) is 20.1 Å². The zero-order valence-electron chi connectivity index (χ0n) is 6.58. The van der Waals surface area contributed by atoms with Gasteiger partial charge in [0.1, 0.15) is 0 Å². The molecule has 68 valence electrons. The van der Waals surface area contributed by atoms with E-state index < -0.39 is 5.97 Å². The Balaban J connectivity index is 0. The van der Waals surface area contributed by atoms with Gasteiger partial charge in [-0.1, -0.05) is 0 Å². The van der Waals surface area contributed by atoms with Crippen LogP contribution in [0, 0.1) is 0 Å². The number of aliphatic hydroxyl groups excluding tert-OH is 2. The summed E-state index contributed by atoms with van der Waals surface area (Å²) in [5, 5.41) is 26.5. The molecule has 0 rings (SSSR count). The van der Waals surface area contributed by atoms with Gasteiger partial charge in [-0.25, -0.2) is 0 Å². The first-order chi connectivity index (χ1) is 5.15. The zero-order valence-corrected chi connectivity index (χ0v) is 6.58. The number of hydrogen-bond acceptors (Lipinski definition) is 4. The van der Waals surface area contributed by atoms with E-state index in [9.17, 15) is 0 Å². The van der Waals surface area contributed by atoms with Crippen molar-refractivity contribution in [2.24, 2.45) is 0 Å². The van der Waals surface area contributed by atoms with Gasteiger partial charge >= 0.3 is 0 Å². The molecule has 0 bridgehead atoms. The lowest BCUT2D eigenvalue weighted by molar-refractivity contribution is -0.134. The van der Waals surface area contributed by atoms with Crippen molar-refractivity contribution in [2.45, 2.75) is 6.92 Å². The number of hydrogen-bond donors (Lipinski definition) is 4. The van der Waals surface area contributed by atoms with E-state index in [1.165, 1.54) is 0 Å². The Morgan fingerprint density at radius 2 is 1.55 bits per heavy atom. The Morgan fingerprint density at radius 1 is 1.27 bits per heavy atom. The predicted molar refractivity (Wildman–Crippen MR) is 40.4 cm³/mol. The minimum atomic E-state index is -0.833. The predicted octanol–water partition coefficient (Wildman–Crippen LogP) is -1.35. The molecule has 0 spiro atoms. The van der Waals surface area contributed by atoms with Crippen LogP contribution < -0.4 is 5.32 Å². The number of aliphatic hydroxyl groups is 2. The summed E-state index contributed by atoms with van der Waals surface area (Å²) in [4.78, 5) is 9.00. The largest absolute Gasteiger partial charge is 0.481 e. The van der Waals surface area contributed by atoms with Crippen LogP contribution in [0.25, 0.3) is 0 Å². The van der Waals surface area contributed by atoms with Gasteiger partial charge in [-0.2, -0.15) is 0 Å². The highest BCUT2D eigenvalue weighted by atomic mass is 16.4. The number of rotatable bonds is 4. The first kappa shape index (κ1) is 13.0. The SMILES string of the molecule is CC(=O)O.OCCNCCO. The Labute approximate surface area is 65.7 Å². The molecular formula is C6H15NO4. The molecule has 0 aromatic rings. The maximum absolute atomic E-state index is 9.00. The summed E-state index contributed by atoms with van der Waals surface area (Å²) in [6.07, 6.45) is 0. The summed E-state index contributed by atoms with van der Waals surface area (Å²) in [5.41, 5.74) is 0. The molecule has 0 aromatic carbocycles. The van der Waals surface area contributed by atoms with E-state index in [1.807, 2.05) is 0 Å². The molecule has 0 aliphatic heterocycles. The average Bonchev–Trinajstić information content (AvgIpc) is 1.88. The van der Waals surface area contributed by atoms with Gasteiger partial charge in [0, 0.05) is 20.0 Å². The van der Waals surface area contributed by atoms with Crippen LogP contribution in [0.3, 0.4) is 0 Å². The van der Waals surface area contributed by atoms with Crippen LogP contribution in [-0.2, 0) is 4.79 Å². The highest BCUT2D eigenvalue weighted by Crippen LogP contribution is 1.54. The Kier molecular flexibility index (Phi) is 14.2. The maximum Gasteiger partial charge on any atom is 0.300 e. The van der Waals surface area contributed by atoms with E-state index in [2.05, 4.69) is 5.32 Å². The van der Waals surface area contributed by atoms with Gasteiger partial charge in [-0.05, 0) is 0 Å². The van der Waals surface area contributed by atoms with Crippen LogP contribution >= 0.6 is 0 Å². The van der Waals surface area contributed by atoms with Gasteiger partial charge in [0.15, 0.2) is 0 Å². The number of carboxylic acids is 1. The fourth-order valence-corrected chi connectivity index (χ4v) is 0.283. The van der Waals surface area contributed by atoms with Crippen molar-refractivity contribution < 1.29 is 20.1 Å². The minimum Gasteiger partial charge on any atom is -0.481 e. The third-order valence-corrected chi connectivity index (χ3v) is 0.577. The first-order valence-electron chi connectivity index (χ1n) is 3.27. The summed E-state index contributed by atoms with van der Waals surface area (Å²) in [6.45, 7) is 2.50. The van der Waals surface area contributed by atoms with E-state index in [0.29, 0.717) is 13.1 Å². The molecule has 0 aliphatic carbocycles. The van der Waals surface area contributed by atoms with Crippen LogP contribution in [0.5, 0.6) is 0 Å². The second-order valence-electron chi connectivity index (χ2n) is 1.72. The molecule has 0 saturated heterocycles. The van der Waals surface area contributed by atoms with E-state index in [-0.39, 0.29) is 13.2 Å². The summed E-state index contributed by atoms with van der Waals surface area (Å²) >= 11 is 0. The van der Waals surface area contributed by atoms with Crippen molar-refractivity contribution in [2.75, 3.05) is 26.3 Å². The van der Waals surface area contributed by atoms with E-state index in [0.717, 1.165) is 6.92 Å². The Morgan fingerprint density at radius 3 is 1.73 bits per heavy atom. The third kappa shape index (κ3) is 45.0. The van der Waals surface area contributed by atoms with Crippen molar-refractivity contribution >= 4 is 5.97 Å². The molecule has 0 heterocycles. The fraction of sp³-hybridized carbons (Fsp3) is 0.833. The van der Waals surface area contributed by atoms with Crippen LogP contribution in [-0.4, -0.2) is 47.6 Å². The highest BCUT2D eigenvalue weighted by Gasteiger charge is 1.78. The summed E-state index contributed by atoms with van der Waals surface area (Å²) in [6, 6.07) is 0. The van der Waals surface area contributed by atoms with Crippen molar-refractivity contribution in [1.82, 2.24) is 5.32 Å². The van der Waals surface area contributed by atoms with Gasteiger partial charge in [-0.3, -0.25) is 4.79 Å². The van der Waals surface area contributed by atoms with Crippen LogP contribution in [0.15, 0.2) is 0 Å². The number of carboxylic acid groups (broad SMARTS) is 1. The third-order valence-electron chi connectivity index (χ3n) is 0.577. The summed E-state index contributed by atoms with van der Waals surface area (Å²) < 4.78 is 0. The Bertz CT molecular complexity index is 78.7. The maximum atomic E-state index is 9.00. The van der Waals surface area contributed by atoms with Crippen LogP contribution in [0.1, 0.15) is 6.92 Å². The molecule has 0 saturated carbocycles. The second kappa shape index (κ2) is 12.1. The summed E-state index contributed by atoms with van der Waals surface area (Å²) in [7, 11) is 0. The molecule has 0 radical (unpaired) electrons. The lowest BCUT2D eigenvalue weighted by Crippen LogP contribution is -2.21. The van der Waals surface area contributed by atoms with Gasteiger partial charge in [0.05, 0.1) is 13.2 Å². The minimum absolute atomic E-state index is 0.139. The van der Waals surface area contributed by atoms with E-state index in [1.54, 1.807) is 0 Å². The molecule has 0 aliphatic rings. The second-order valence-corrected chi connectivity index (χ2v) is 1.72. The monoisotopic (exact) mass is 165 g/mol. The molecule has 4 N–H and O–H groups in total. The van der Waals surface area contributed by atoms with Gasteiger partial charge in [0.2, 0.25) is 0 Å². The zero-order chi connectivity index (χ0) is 9.11. The number of aliphatic carboxylic acids is 1. The molecule has 0 fully saturated rings. The van der Waals surface area contributed by atoms with Crippen molar-refractivity contribution in [3.8, 4) is 0 Å². The fourth-order valence-electron chi connectivity index (χ4n) is 0.283. The summed E-state index contributed by atoms with van der Waals surface area (Å²) in [5.74, 6) is -0.833. The molecule has 11 heavy (non-hydrogen) atoms. The van der Waals surface area contributed by atoms with Crippen molar-refractivity contribution in [1.29, 1.82) is 0 Å². The lowest BCUT2D eigenvalue weighted by Gasteiger charge is -1.94. The Hall–Kier alpha value is -0.650. The molecule has 0 unspecified atom stereocenters. The average molecular weight is 165 g/mol. The topological polar surface area (TPSA) is 89.8 Å². The smallest absolute Gasteiger partial charge is 0.300 e. The normalized spacial score (nSPS) is 8.27. The number of nitrogens with one attached hydrogen (secondary N) is 1. The van der Waals surface area contributed by atoms with Gasteiger partial charge < -0.3 is 20.6 Å². The molecule has 0 aromatic heterocycles. The molecule has 0 amide bonds. The van der Waals surface area contributed by atoms with Crippen molar-refractivity contribution in [3.63, 3.8) is 0 Å². The quantitative estimate of drug-likeness (QED) is 0.387. The van der Waals surface area contributed by atoms with Crippen LogP contribution in [0.4, 0.5) is 0 Å². The highest BCUT2D eigenvalue weighted by molar-refractivity contribution is 5.62.